The van der Waals surface area contributed by atoms with Crippen molar-refractivity contribution in [3.8, 4) is 0 Å². The van der Waals surface area contributed by atoms with Gasteiger partial charge in [0.05, 0.1) is 10.7 Å². The maximum Gasteiger partial charge on any atom is 0.275 e. The molecule has 94 valence electrons. The van der Waals surface area contributed by atoms with Gasteiger partial charge >= 0.3 is 0 Å². The molecule has 0 atom stereocenters. The fourth-order valence-corrected chi connectivity index (χ4v) is 2.77. The van der Waals surface area contributed by atoms with Gasteiger partial charge in [0.2, 0.25) is 0 Å². The normalized spacial score (nSPS) is 11.3. The van der Waals surface area contributed by atoms with Crippen molar-refractivity contribution in [2.24, 2.45) is 0 Å². The van der Waals surface area contributed by atoms with Crippen LogP contribution in [0.4, 0.5) is 0 Å². The minimum absolute atomic E-state index is 0.460. The third kappa shape index (κ3) is 4.61. The van der Waals surface area contributed by atoms with Crippen molar-refractivity contribution in [2.75, 3.05) is 13.6 Å². The van der Waals surface area contributed by atoms with E-state index in [4.69, 9.17) is 0 Å². The highest BCUT2D eigenvalue weighted by atomic mass is 32.2. The highest BCUT2D eigenvalue weighted by molar-refractivity contribution is 7.96. The number of nitrogens with zero attached hydrogens (tertiary/aromatic N) is 3. The molecule has 6 nitrogen and oxygen atoms in total. The molecule has 0 fully saturated rings. The molecule has 0 radical (unpaired) electrons. The van der Waals surface area contributed by atoms with Crippen molar-refractivity contribution >= 4 is 23.3 Å². The van der Waals surface area contributed by atoms with Gasteiger partial charge in [-0.15, -0.1) is 11.3 Å². The molecule has 8 heteroatoms. The van der Waals surface area contributed by atoms with Crippen molar-refractivity contribution < 1.29 is 4.92 Å². The Morgan fingerprint density at radius 3 is 3.06 bits per heavy atom. The zero-order valence-corrected chi connectivity index (χ0v) is 11.3. The van der Waals surface area contributed by atoms with Crippen LogP contribution in [-0.4, -0.2) is 27.8 Å². The SMILES string of the molecule is CCN(SCc1nccs1)/C(=C\[N+](=O)[O-])NC. The van der Waals surface area contributed by atoms with Gasteiger partial charge in [0.25, 0.3) is 6.20 Å². The number of nitrogens with one attached hydrogen (secondary N) is 1. The van der Waals surface area contributed by atoms with E-state index in [1.54, 1.807) is 24.6 Å². The van der Waals surface area contributed by atoms with E-state index >= 15 is 0 Å². The highest BCUT2D eigenvalue weighted by Gasteiger charge is 2.11. The lowest BCUT2D eigenvalue weighted by Gasteiger charge is -2.21. The molecule has 1 aromatic rings. The van der Waals surface area contributed by atoms with E-state index in [1.165, 1.54) is 11.9 Å². The summed E-state index contributed by atoms with van der Waals surface area (Å²) in [6.45, 7) is 2.62. The van der Waals surface area contributed by atoms with Crippen molar-refractivity contribution in [1.29, 1.82) is 0 Å². The molecular weight excluding hydrogens is 260 g/mol. The molecule has 0 aliphatic carbocycles. The number of thiazole rings is 1. The van der Waals surface area contributed by atoms with Crippen molar-refractivity contribution in [2.45, 2.75) is 12.7 Å². The van der Waals surface area contributed by atoms with Crippen molar-refractivity contribution in [3.05, 3.63) is 38.7 Å². The van der Waals surface area contributed by atoms with E-state index in [9.17, 15) is 10.1 Å². The van der Waals surface area contributed by atoms with Gasteiger partial charge in [0.1, 0.15) is 5.01 Å². The molecule has 0 spiro atoms. The minimum Gasteiger partial charge on any atom is -0.369 e. The van der Waals surface area contributed by atoms with E-state index in [0.717, 1.165) is 11.2 Å². The topological polar surface area (TPSA) is 71.3 Å². The van der Waals surface area contributed by atoms with Gasteiger partial charge in [0, 0.05) is 25.2 Å². The van der Waals surface area contributed by atoms with Crippen LogP contribution in [0, 0.1) is 10.1 Å². The maximum absolute atomic E-state index is 10.5. The van der Waals surface area contributed by atoms with Gasteiger partial charge in [-0.25, -0.2) is 4.98 Å². The molecule has 0 unspecified atom stereocenters. The molecule has 17 heavy (non-hydrogen) atoms. The molecule has 0 saturated carbocycles. The first kappa shape index (κ1) is 13.8. The van der Waals surface area contributed by atoms with Gasteiger partial charge in [-0.3, -0.25) is 14.4 Å². The molecule has 0 aliphatic heterocycles. The summed E-state index contributed by atoms with van der Waals surface area (Å²) < 4.78 is 1.84. The first-order valence-corrected chi connectivity index (χ1v) is 6.81. The van der Waals surface area contributed by atoms with Gasteiger partial charge in [0.15, 0.2) is 5.82 Å². The zero-order chi connectivity index (χ0) is 12.7. The Kier molecular flexibility index (Phi) is 5.78. The average molecular weight is 274 g/mol. The van der Waals surface area contributed by atoms with E-state index < -0.39 is 4.92 Å². The smallest absolute Gasteiger partial charge is 0.275 e. The summed E-state index contributed by atoms with van der Waals surface area (Å²) >= 11 is 3.08. The van der Waals surface area contributed by atoms with Crippen LogP contribution < -0.4 is 5.32 Å². The van der Waals surface area contributed by atoms with Crippen LogP contribution in [0.2, 0.25) is 0 Å². The zero-order valence-electron chi connectivity index (χ0n) is 9.62. The number of nitro groups is 1. The largest absolute Gasteiger partial charge is 0.369 e. The fourth-order valence-electron chi connectivity index (χ4n) is 1.14. The molecule has 0 aliphatic rings. The Morgan fingerprint density at radius 1 is 1.82 bits per heavy atom. The molecule has 0 amide bonds. The molecular formula is C9H14N4O2S2. The van der Waals surface area contributed by atoms with Crippen molar-refractivity contribution in [1.82, 2.24) is 14.6 Å². The van der Waals surface area contributed by atoms with Crippen LogP contribution >= 0.6 is 23.3 Å². The molecule has 1 heterocycles. The lowest BCUT2D eigenvalue weighted by atomic mass is 10.6. The third-order valence-electron chi connectivity index (χ3n) is 1.87. The second-order valence-electron chi connectivity index (χ2n) is 2.94. The fraction of sp³-hybridized carbons (Fsp3) is 0.444. The first-order chi connectivity index (χ1) is 8.17. The number of rotatable bonds is 7. The van der Waals surface area contributed by atoms with E-state index in [-0.39, 0.29) is 0 Å². The summed E-state index contributed by atoms with van der Waals surface area (Å²) in [5, 5.41) is 16.2. The predicted octanol–water partition coefficient (Wildman–Crippen LogP) is 1.91. The summed E-state index contributed by atoms with van der Waals surface area (Å²) in [6.07, 6.45) is 2.72. The Hall–Kier alpha value is -1.28. The molecule has 1 aromatic heterocycles. The highest BCUT2D eigenvalue weighted by Crippen LogP contribution is 2.21. The predicted molar refractivity (Wildman–Crippen MR) is 69.9 cm³/mol. The van der Waals surface area contributed by atoms with Gasteiger partial charge in [-0.05, 0) is 18.9 Å². The van der Waals surface area contributed by atoms with Crippen LogP contribution in [0.1, 0.15) is 11.9 Å². The summed E-state index contributed by atoms with van der Waals surface area (Å²) in [5.74, 6) is 1.20. The van der Waals surface area contributed by atoms with Crippen LogP contribution in [0.3, 0.4) is 0 Å². The Balaban J connectivity index is 2.60. The van der Waals surface area contributed by atoms with E-state index in [1.807, 2.05) is 16.6 Å². The minimum atomic E-state index is -0.460. The Bertz CT molecular complexity index is 380. The number of hydrogen-bond acceptors (Lipinski definition) is 7. The Labute approximate surface area is 108 Å². The first-order valence-electron chi connectivity index (χ1n) is 4.99. The van der Waals surface area contributed by atoms with Crippen LogP contribution in [-0.2, 0) is 5.75 Å². The molecule has 0 bridgehead atoms. The molecule has 1 N–H and O–H groups in total. The van der Waals surface area contributed by atoms with Gasteiger partial charge in [-0.2, -0.15) is 0 Å². The van der Waals surface area contributed by atoms with Gasteiger partial charge in [-0.1, -0.05) is 0 Å². The second kappa shape index (κ2) is 7.13. The monoisotopic (exact) mass is 274 g/mol. The molecule has 0 saturated heterocycles. The Morgan fingerprint density at radius 2 is 2.59 bits per heavy atom. The standard InChI is InChI=1S/C9H14N4O2S2/c1-3-12(8(10-2)6-13(14)15)17-7-9-11-4-5-16-9/h4-6,10H,3,7H2,1-2H3/b8-6-. The van der Waals surface area contributed by atoms with Crippen LogP contribution in [0.15, 0.2) is 23.6 Å². The molecule has 1 rings (SSSR count). The third-order valence-corrected chi connectivity index (χ3v) is 4.00. The summed E-state index contributed by atoms with van der Waals surface area (Å²) in [7, 11) is 1.67. The second-order valence-corrected chi connectivity index (χ2v) is 4.91. The van der Waals surface area contributed by atoms with Crippen molar-refractivity contribution in [3.63, 3.8) is 0 Å². The van der Waals surface area contributed by atoms with Crippen LogP contribution in [0.25, 0.3) is 0 Å². The number of aromatic nitrogens is 1. The summed E-state index contributed by atoms with van der Waals surface area (Å²) in [5.41, 5.74) is 0. The number of hydrogen-bond donors (Lipinski definition) is 1. The van der Waals surface area contributed by atoms with Gasteiger partial charge < -0.3 is 5.32 Å². The van der Waals surface area contributed by atoms with Crippen LogP contribution in [0.5, 0.6) is 0 Å². The molecule has 0 aromatic carbocycles. The lowest BCUT2D eigenvalue weighted by Crippen LogP contribution is -2.25. The summed E-state index contributed by atoms with van der Waals surface area (Å²) in [4.78, 5) is 14.2. The van der Waals surface area contributed by atoms with E-state index in [0.29, 0.717) is 18.1 Å². The summed E-state index contributed by atoms with van der Waals surface area (Å²) in [6, 6.07) is 0. The quantitative estimate of drug-likeness (QED) is 0.465. The lowest BCUT2D eigenvalue weighted by molar-refractivity contribution is -0.404. The van der Waals surface area contributed by atoms with E-state index in [2.05, 4.69) is 10.3 Å². The average Bonchev–Trinajstić information content (AvgIpc) is 2.80. The maximum atomic E-state index is 10.5.